The maximum absolute atomic E-state index is 5.53. The van der Waals surface area contributed by atoms with Crippen molar-refractivity contribution in [1.82, 2.24) is 4.98 Å². The maximum Gasteiger partial charge on any atom is 0.0932 e. The molecule has 0 radical (unpaired) electrons. The van der Waals surface area contributed by atoms with Gasteiger partial charge in [0.15, 0.2) is 0 Å². The van der Waals surface area contributed by atoms with Gasteiger partial charge in [0.25, 0.3) is 0 Å². The number of nitrogens with zero attached hydrogens (tertiary/aromatic N) is 1. The molecule has 0 spiro atoms. The van der Waals surface area contributed by atoms with Crippen LogP contribution in [-0.2, 0) is 6.42 Å². The van der Waals surface area contributed by atoms with Gasteiger partial charge in [-0.05, 0) is 36.6 Å². The number of unbranched alkanes of at least 4 members (excludes halogenated alkanes) is 1. The molecule has 0 atom stereocenters. The van der Waals surface area contributed by atoms with E-state index in [1.165, 1.54) is 21.3 Å². The molecular weight excluding hydrogens is 264 g/mol. The third-order valence-corrected chi connectivity index (χ3v) is 4.37. The first-order valence-electron chi connectivity index (χ1n) is 7.01. The Balaban J connectivity index is 1.91. The lowest BCUT2D eigenvalue weighted by atomic mass is 10.0. The molecule has 0 saturated carbocycles. The number of thiazole rings is 1. The summed E-state index contributed by atoms with van der Waals surface area (Å²) in [6.45, 7) is 0.765. The highest BCUT2D eigenvalue weighted by atomic mass is 32.1. The van der Waals surface area contributed by atoms with E-state index in [2.05, 4.69) is 47.8 Å². The van der Waals surface area contributed by atoms with Gasteiger partial charge >= 0.3 is 0 Å². The molecule has 0 aliphatic heterocycles. The van der Waals surface area contributed by atoms with E-state index in [0.29, 0.717) is 0 Å². The van der Waals surface area contributed by atoms with Crippen molar-refractivity contribution in [3.8, 4) is 11.3 Å². The largest absolute Gasteiger partial charge is 0.330 e. The minimum Gasteiger partial charge on any atom is -0.330 e. The van der Waals surface area contributed by atoms with Crippen LogP contribution in [0.5, 0.6) is 0 Å². The smallest absolute Gasteiger partial charge is 0.0932 e. The number of aryl methyl sites for hydroxylation is 1. The van der Waals surface area contributed by atoms with Crippen LogP contribution in [0.4, 0.5) is 0 Å². The number of rotatable bonds is 5. The lowest BCUT2D eigenvalue weighted by Crippen LogP contribution is -1.98. The van der Waals surface area contributed by atoms with Crippen LogP contribution in [0.1, 0.15) is 17.8 Å². The van der Waals surface area contributed by atoms with Crippen molar-refractivity contribution in [3.63, 3.8) is 0 Å². The fraction of sp³-hybridized carbons (Fsp3) is 0.235. The molecule has 0 unspecified atom stereocenters. The van der Waals surface area contributed by atoms with Crippen LogP contribution < -0.4 is 5.73 Å². The van der Waals surface area contributed by atoms with E-state index in [4.69, 9.17) is 10.7 Å². The first-order chi connectivity index (χ1) is 9.88. The quantitative estimate of drug-likeness (QED) is 0.711. The first-order valence-corrected chi connectivity index (χ1v) is 7.89. The van der Waals surface area contributed by atoms with E-state index in [-0.39, 0.29) is 0 Å². The average molecular weight is 282 g/mol. The van der Waals surface area contributed by atoms with Crippen molar-refractivity contribution in [2.24, 2.45) is 5.73 Å². The van der Waals surface area contributed by atoms with Crippen LogP contribution in [0.3, 0.4) is 0 Å². The van der Waals surface area contributed by atoms with E-state index < -0.39 is 0 Å². The van der Waals surface area contributed by atoms with Crippen molar-refractivity contribution in [3.05, 3.63) is 52.9 Å². The van der Waals surface area contributed by atoms with Crippen molar-refractivity contribution < 1.29 is 0 Å². The van der Waals surface area contributed by atoms with Crippen LogP contribution >= 0.6 is 11.3 Å². The Morgan fingerprint density at radius 1 is 1.00 bits per heavy atom. The van der Waals surface area contributed by atoms with Gasteiger partial charge in [-0.3, -0.25) is 0 Å². The highest BCUT2D eigenvalue weighted by Crippen LogP contribution is 2.29. The Bertz CT molecular complexity index is 698. The van der Waals surface area contributed by atoms with Gasteiger partial charge in [-0.15, -0.1) is 11.3 Å². The van der Waals surface area contributed by atoms with Crippen molar-refractivity contribution >= 4 is 22.1 Å². The molecule has 1 heterocycles. The SMILES string of the molecule is NCCCCc1nc(-c2cccc3ccccc23)cs1. The summed E-state index contributed by atoms with van der Waals surface area (Å²) in [7, 11) is 0. The summed E-state index contributed by atoms with van der Waals surface area (Å²) in [5.74, 6) is 0. The van der Waals surface area contributed by atoms with E-state index in [0.717, 1.165) is 31.5 Å². The molecule has 2 nitrogen and oxygen atoms in total. The first kappa shape index (κ1) is 13.3. The number of aromatic nitrogens is 1. The van der Waals surface area contributed by atoms with Gasteiger partial charge in [-0.1, -0.05) is 42.5 Å². The number of hydrogen-bond acceptors (Lipinski definition) is 3. The summed E-state index contributed by atoms with van der Waals surface area (Å²) in [4.78, 5) is 4.78. The standard InChI is InChI=1S/C17H18N2S/c18-11-4-3-10-17-19-16(12-20-17)15-9-5-7-13-6-1-2-8-14(13)15/h1-2,5-9,12H,3-4,10-11,18H2. The molecule has 1 aromatic heterocycles. The Labute approximate surface area is 123 Å². The summed E-state index contributed by atoms with van der Waals surface area (Å²) < 4.78 is 0. The normalized spacial score (nSPS) is 11.1. The lowest BCUT2D eigenvalue weighted by molar-refractivity contribution is 0.742. The highest BCUT2D eigenvalue weighted by Gasteiger charge is 2.07. The van der Waals surface area contributed by atoms with Crippen LogP contribution in [0, 0.1) is 0 Å². The fourth-order valence-corrected chi connectivity index (χ4v) is 3.26. The molecule has 102 valence electrons. The van der Waals surface area contributed by atoms with Gasteiger partial charge in [0.1, 0.15) is 0 Å². The molecule has 2 aromatic carbocycles. The summed E-state index contributed by atoms with van der Waals surface area (Å²) >= 11 is 1.75. The summed E-state index contributed by atoms with van der Waals surface area (Å²) in [5, 5.41) is 5.91. The summed E-state index contributed by atoms with van der Waals surface area (Å²) in [6.07, 6.45) is 3.23. The monoisotopic (exact) mass is 282 g/mol. The molecule has 3 rings (SSSR count). The molecule has 0 fully saturated rings. The molecule has 0 aliphatic carbocycles. The van der Waals surface area contributed by atoms with Crippen LogP contribution in [0.25, 0.3) is 22.0 Å². The number of hydrogen-bond donors (Lipinski definition) is 1. The van der Waals surface area contributed by atoms with Gasteiger partial charge in [0.2, 0.25) is 0 Å². The molecular formula is C17H18N2S. The molecule has 3 heteroatoms. The maximum atomic E-state index is 5.53. The van der Waals surface area contributed by atoms with E-state index in [1.807, 2.05) is 0 Å². The van der Waals surface area contributed by atoms with Crippen LogP contribution in [0.15, 0.2) is 47.8 Å². The molecule has 2 N–H and O–H groups in total. The fourth-order valence-electron chi connectivity index (χ4n) is 2.42. The van der Waals surface area contributed by atoms with Crippen LogP contribution in [0.2, 0.25) is 0 Å². The van der Waals surface area contributed by atoms with Gasteiger partial charge in [0, 0.05) is 10.9 Å². The van der Waals surface area contributed by atoms with Gasteiger partial charge in [-0.25, -0.2) is 4.98 Å². The second-order valence-electron chi connectivity index (χ2n) is 4.90. The van der Waals surface area contributed by atoms with E-state index in [9.17, 15) is 0 Å². The van der Waals surface area contributed by atoms with E-state index >= 15 is 0 Å². The molecule has 0 aliphatic rings. The lowest BCUT2D eigenvalue weighted by Gasteiger charge is -2.03. The Morgan fingerprint density at radius 3 is 2.75 bits per heavy atom. The zero-order valence-electron chi connectivity index (χ0n) is 11.4. The average Bonchev–Trinajstić information content (AvgIpc) is 2.96. The molecule has 20 heavy (non-hydrogen) atoms. The minimum absolute atomic E-state index is 0.765. The molecule has 0 bridgehead atoms. The molecule has 0 amide bonds. The second kappa shape index (κ2) is 6.16. The topological polar surface area (TPSA) is 38.9 Å². The van der Waals surface area contributed by atoms with Crippen LogP contribution in [-0.4, -0.2) is 11.5 Å². The van der Waals surface area contributed by atoms with Gasteiger partial charge in [0.05, 0.1) is 10.7 Å². The van der Waals surface area contributed by atoms with E-state index in [1.54, 1.807) is 11.3 Å². The Hall–Kier alpha value is -1.71. The third-order valence-electron chi connectivity index (χ3n) is 3.46. The van der Waals surface area contributed by atoms with Gasteiger partial charge in [-0.2, -0.15) is 0 Å². The second-order valence-corrected chi connectivity index (χ2v) is 5.84. The van der Waals surface area contributed by atoms with Crippen molar-refractivity contribution in [2.75, 3.05) is 6.54 Å². The Morgan fingerprint density at radius 2 is 1.85 bits per heavy atom. The molecule has 0 saturated heterocycles. The van der Waals surface area contributed by atoms with Crippen molar-refractivity contribution in [2.45, 2.75) is 19.3 Å². The third kappa shape index (κ3) is 2.74. The highest BCUT2D eigenvalue weighted by molar-refractivity contribution is 7.09. The summed E-state index contributed by atoms with van der Waals surface area (Å²) in [5.41, 5.74) is 7.85. The number of fused-ring (bicyclic) bond motifs is 1. The predicted molar refractivity (Wildman–Crippen MR) is 87.0 cm³/mol. The zero-order chi connectivity index (χ0) is 13.8. The van der Waals surface area contributed by atoms with Crippen molar-refractivity contribution in [1.29, 1.82) is 0 Å². The Kier molecular flexibility index (Phi) is 4.09. The molecule has 3 aromatic rings. The minimum atomic E-state index is 0.765. The summed E-state index contributed by atoms with van der Waals surface area (Å²) in [6, 6.07) is 14.9. The number of nitrogens with two attached hydrogens (primary N) is 1. The predicted octanol–water partition coefficient (Wildman–Crippen LogP) is 4.24. The number of benzene rings is 2. The van der Waals surface area contributed by atoms with Gasteiger partial charge < -0.3 is 5.73 Å². The zero-order valence-corrected chi connectivity index (χ0v) is 12.2.